The number of carbonyl (C=O) groups is 1. The zero-order valence-electron chi connectivity index (χ0n) is 4.60. The Kier molecular flexibility index (Phi) is 5.09. The Hall–Kier alpha value is 0.170. The summed E-state index contributed by atoms with van der Waals surface area (Å²) in [7, 11) is 0. The van der Waals surface area contributed by atoms with Crippen LogP contribution in [0.1, 0.15) is 0 Å². The quantitative estimate of drug-likeness (QED) is 0.618. The van der Waals surface area contributed by atoms with E-state index >= 15 is 0 Å². The summed E-state index contributed by atoms with van der Waals surface area (Å²) in [6, 6.07) is 0. The van der Waals surface area contributed by atoms with Crippen molar-refractivity contribution in [3.8, 4) is 0 Å². The fourth-order valence-corrected chi connectivity index (χ4v) is 1.15. The van der Waals surface area contributed by atoms with Crippen LogP contribution in [0.25, 0.3) is 0 Å². The number of halogens is 2. The number of allylic oxidation sites excluding steroid dienone is 1. The summed E-state index contributed by atoms with van der Waals surface area (Å²) in [5.74, 6) is -0.869. The Morgan fingerprint density at radius 3 is 2.22 bits per heavy atom. The van der Waals surface area contributed by atoms with Crippen molar-refractivity contribution in [3.05, 3.63) is 11.6 Å². The van der Waals surface area contributed by atoms with Crippen LogP contribution in [-0.4, -0.2) is 21.7 Å². The molecule has 0 spiro atoms. The van der Waals surface area contributed by atoms with Gasteiger partial charge in [0.15, 0.2) is 0 Å². The van der Waals surface area contributed by atoms with Gasteiger partial charge < -0.3 is 5.11 Å². The molecule has 0 aliphatic rings. The van der Waals surface area contributed by atoms with Crippen LogP contribution in [0.15, 0.2) is 11.6 Å². The number of aliphatic carboxylic acids is 1. The second-order valence-electron chi connectivity index (χ2n) is 1.32. The zero-order valence-corrected chi connectivity index (χ0v) is 7.77. The van der Waals surface area contributed by atoms with Gasteiger partial charge in [0.05, 0.1) is 0 Å². The molecule has 0 aliphatic heterocycles. The van der Waals surface area contributed by atoms with Crippen molar-refractivity contribution >= 4 is 37.8 Å². The van der Waals surface area contributed by atoms with E-state index in [-0.39, 0.29) is 0 Å². The van der Waals surface area contributed by atoms with Crippen molar-refractivity contribution in [1.29, 1.82) is 0 Å². The number of hydrogen-bond donors (Lipinski definition) is 1. The summed E-state index contributed by atoms with van der Waals surface area (Å²) in [4.78, 5) is 10.2. The zero-order chi connectivity index (χ0) is 7.28. The Morgan fingerprint density at radius 2 is 2.11 bits per heavy atom. The standard InChI is InChI=1S/C5H6Br2O2/c6-2-1-4(3-7)5(8)9/h1H,2-3H2,(H,8,9)/b4-1-. The molecule has 52 valence electrons. The van der Waals surface area contributed by atoms with Crippen LogP contribution in [0.4, 0.5) is 0 Å². The van der Waals surface area contributed by atoms with Gasteiger partial charge in [-0.15, -0.1) is 0 Å². The molecule has 0 aromatic heterocycles. The first kappa shape index (κ1) is 9.17. The van der Waals surface area contributed by atoms with E-state index in [1.54, 1.807) is 6.08 Å². The van der Waals surface area contributed by atoms with Gasteiger partial charge in [0, 0.05) is 16.2 Å². The van der Waals surface area contributed by atoms with E-state index < -0.39 is 5.97 Å². The minimum atomic E-state index is -0.869. The summed E-state index contributed by atoms with van der Waals surface area (Å²) in [6.07, 6.45) is 1.61. The van der Waals surface area contributed by atoms with Crippen molar-refractivity contribution in [2.75, 3.05) is 10.7 Å². The van der Waals surface area contributed by atoms with E-state index in [0.717, 1.165) is 0 Å². The lowest BCUT2D eigenvalue weighted by Gasteiger charge is -1.91. The van der Waals surface area contributed by atoms with Gasteiger partial charge in [0.25, 0.3) is 0 Å². The highest BCUT2D eigenvalue weighted by Crippen LogP contribution is 2.00. The molecule has 0 radical (unpaired) electrons. The largest absolute Gasteiger partial charge is 0.478 e. The Labute approximate surface area is 70.2 Å². The molecule has 4 heteroatoms. The molecule has 0 rings (SSSR count). The van der Waals surface area contributed by atoms with Crippen molar-refractivity contribution in [2.45, 2.75) is 0 Å². The lowest BCUT2D eigenvalue weighted by Crippen LogP contribution is -2.01. The summed E-state index contributed by atoms with van der Waals surface area (Å²) in [6.45, 7) is 0. The van der Waals surface area contributed by atoms with Gasteiger partial charge in [-0.1, -0.05) is 37.9 Å². The molecule has 0 heterocycles. The van der Waals surface area contributed by atoms with Crippen molar-refractivity contribution in [1.82, 2.24) is 0 Å². The fourth-order valence-electron chi connectivity index (χ4n) is 0.292. The molecule has 9 heavy (non-hydrogen) atoms. The third kappa shape index (κ3) is 3.70. The lowest BCUT2D eigenvalue weighted by atomic mass is 10.3. The highest BCUT2D eigenvalue weighted by Gasteiger charge is 2.02. The third-order valence-corrected chi connectivity index (χ3v) is 1.67. The molecule has 0 atom stereocenters. The Balaban J connectivity index is 3.98. The summed E-state index contributed by atoms with van der Waals surface area (Å²) < 4.78 is 0. The highest BCUT2D eigenvalue weighted by atomic mass is 79.9. The number of alkyl halides is 2. The van der Waals surface area contributed by atoms with Crippen LogP contribution in [0.2, 0.25) is 0 Å². The maximum Gasteiger partial charge on any atom is 0.332 e. The number of hydrogen-bond acceptors (Lipinski definition) is 1. The smallest absolute Gasteiger partial charge is 0.332 e. The maximum absolute atomic E-state index is 10.2. The normalized spacial score (nSPS) is 11.6. The fraction of sp³-hybridized carbons (Fsp3) is 0.400. The van der Waals surface area contributed by atoms with Crippen LogP contribution in [0.3, 0.4) is 0 Å². The SMILES string of the molecule is O=C(O)/C(=C\CBr)CBr. The van der Waals surface area contributed by atoms with Crippen molar-refractivity contribution < 1.29 is 9.90 Å². The predicted molar refractivity (Wildman–Crippen MR) is 43.3 cm³/mol. The topological polar surface area (TPSA) is 37.3 Å². The monoisotopic (exact) mass is 256 g/mol. The van der Waals surface area contributed by atoms with Gasteiger partial charge in [-0.3, -0.25) is 0 Å². The first-order valence-electron chi connectivity index (χ1n) is 2.26. The minimum absolute atomic E-state index is 0.381. The average Bonchev–Trinajstić information content (AvgIpc) is 1.82. The summed E-state index contributed by atoms with van der Waals surface area (Å²) in [5, 5.41) is 9.37. The van der Waals surface area contributed by atoms with E-state index in [4.69, 9.17) is 5.11 Å². The van der Waals surface area contributed by atoms with E-state index in [9.17, 15) is 4.79 Å². The molecule has 0 aromatic carbocycles. The summed E-state index contributed by atoms with van der Waals surface area (Å²) in [5.41, 5.74) is 0.381. The van der Waals surface area contributed by atoms with Gasteiger partial charge in [-0.25, -0.2) is 4.79 Å². The molecule has 0 saturated heterocycles. The van der Waals surface area contributed by atoms with Gasteiger partial charge in [-0.2, -0.15) is 0 Å². The third-order valence-electron chi connectivity index (χ3n) is 0.742. The molecule has 0 aliphatic carbocycles. The van der Waals surface area contributed by atoms with Crippen LogP contribution in [0, 0.1) is 0 Å². The molecule has 0 bridgehead atoms. The Morgan fingerprint density at radius 1 is 1.56 bits per heavy atom. The highest BCUT2D eigenvalue weighted by molar-refractivity contribution is 9.09. The molecule has 1 N–H and O–H groups in total. The molecule has 0 saturated carbocycles. The molecule has 0 fully saturated rings. The Bertz CT molecular complexity index is 131. The second-order valence-corrected chi connectivity index (χ2v) is 2.53. The maximum atomic E-state index is 10.2. The van der Waals surface area contributed by atoms with E-state index in [0.29, 0.717) is 16.2 Å². The predicted octanol–water partition coefficient (Wildman–Crippen LogP) is 1.79. The molecule has 0 unspecified atom stereocenters. The van der Waals surface area contributed by atoms with Gasteiger partial charge in [0.2, 0.25) is 0 Å². The number of carboxylic acids is 1. The van der Waals surface area contributed by atoms with Crippen molar-refractivity contribution in [2.24, 2.45) is 0 Å². The van der Waals surface area contributed by atoms with Gasteiger partial charge in [-0.05, 0) is 0 Å². The molecular weight excluding hydrogens is 252 g/mol. The van der Waals surface area contributed by atoms with Gasteiger partial charge >= 0.3 is 5.97 Å². The van der Waals surface area contributed by atoms with Crippen molar-refractivity contribution in [3.63, 3.8) is 0 Å². The van der Waals surface area contributed by atoms with Crippen LogP contribution in [0.5, 0.6) is 0 Å². The minimum Gasteiger partial charge on any atom is -0.478 e. The van der Waals surface area contributed by atoms with Crippen LogP contribution in [-0.2, 0) is 4.79 Å². The van der Waals surface area contributed by atoms with Crippen LogP contribution >= 0.6 is 31.9 Å². The van der Waals surface area contributed by atoms with E-state index in [1.165, 1.54) is 0 Å². The number of rotatable bonds is 3. The number of carboxylic acid groups (broad SMARTS) is 1. The summed E-state index contributed by atoms with van der Waals surface area (Å²) >= 11 is 6.15. The molecule has 2 nitrogen and oxygen atoms in total. The van der Waals surface area contributed by atoms with E-state index in [2.05, 4.69) is 31.9 Å². The van der Waals surface area contributed by atoms with Gasteiger partial charge in [0.1, 0.15) is 0 Å². The first-order chi connectivity index (χ1) is 4.22. The lowest BCUT2D eigenvalue weighted by molar-refractivity contribution is -0.132. The molecule has 0 aromatic rings. The molecule has 0 amide bonds. The molecular formula is C5H6Br2O2. The van der Waals surface area contributed by atoms with Crippen LogP contribution < -0.4 is 0 Å². The van der Waals surface area contributed by atoms with E-state index in [1.807, 2.05) is 0 Å². The first-order valence-corrected chi connectivity index (χ1v) is 4.51. The average molecular weight is 258 g/mol. The second kappa shape index (κ2) is 4.99.